The van der Waals surface area contributed by atoms with Crippen LogP contribution in [0.25, 0.3) is 10.8 Å². The molecule has 1 aromatic heterocycles. The molecular formula is C17H14N2O. The number of rotatable bonds is 4. The van der Waals surface area contributed by atoms with E-state index in [0.717, 1.165) is 22.1 Å². The van der Waals surface area contributed by atoms with Crippen molar-refractivity contribution < 1.29 is 4.42 Å². The molecule has 3 heteroatoms. The van der Waals surface area contributed by atoms with E-state index in [9.17, 15) is 5.26 Å². The molecule has 2 aromatic carbocycles. The molecule has 3 rings (SSSR count). The molecule has 0 saturated heterocycles. The summed E-state index contributed by atoms with van der Waals surface area (Å²) in [5.41, 5.74) is 0.997. The lowest BCUT2D eigenvalue weighted by Crippen LogP contribution is -2.19. The van der Waals surface area contributed by atoms with E-state index in [1.807, 2.05) is 42.5 Å². The molecular weight excluding hydrogens is 248 g/mol. The number of nitrogens with zero attached hydrogens (tertiary/aromatic N) is 1. The minimum Gasteiger partial charge on any atom is -0.468 e. The van der Waals surface area contributed by atoms with Crippen LogP contribution in [0, 0.1) is 11.3 Å². The third-order valence-electron chi connectivity index (χ3n) is 3.32. The largest absolute Gasteiger partial charge is 0.468 e. The van der Waals surface area contributed by atoms with Gasteiger partial charge in [-0.15, -0.1) is 0 Å². The summed E-state index contributed by atoms with van der Waals surface area (Å²) >= 11 is 0. The van der Waals surface area contributed by atoms with E-state index in [1.54, 1.807) is 6.26 Å². The van der Waals surface area contributed by atoms with Gasteiger partial charge in [0.1, 0.15) is 11.8 Å². The van der Waals surface area contributed by atoms with E-state index < -0.39 is 0 Å². The lowest BCUT2D eigenvalue weighted by atomic mass is 9.99. The fourth-order valence-corrected chi connectivity index (χ4v) is 2.34. The van der Waals surface area contributed by atoms with E-state index in [0.29, 0.717) is 6.54 Å². The first-order valence-electron chi connectivity index (χ1n) is 6.51. The van der Waals surface area contributed by atoms with Crippen molar-refractivity contribution in [2.75, 3.05) is 0 Å². The predicted octanol–water partition coefficient (Wildman–Crippen LogP) is 3.79. The minimum absolute atomic E-state index is 0.355. The quantitative estimate of drug-likeness (QED) is 0.778. The van der Waals surface area contributed by atoms with E-state index in [2.05, 4.69) is 23.5 Å². The molecule has 0 aliphatic carbocycles. The van der Waals surface area contributed by atoms with Gasteiger partial charge < -0.3 is 4.42 Å². The molecule has 0 aliphatic rings. The molecule has 3 nitrogen and oxygen atoms in total. The SMILES string of the molecule is N#CC(NCc1ccco1)c1cccc2ccccc12. The molecule has 0 bridgehead atoms. The number of furan rings is 1. The molecule has 20 heavy (non-hydrogen) atoms. The van der Waals surface area contributed by atoms with E-state index in [4.69, 9.17) is 4.42 Å². The molecule has 3 aromatic rings. The first kappa shape index (κ1) is 12.5. The molecule has 0 fully saturated rings. The van der Waals surface area contributed by atoms with Gasteiger partial charge in [0.2, 0.25) is 0 Å². The maximum absolute atomic E-state index is 9.42. The van der Waals surface area contributed by atoms with Crippen LogP contribution in [0.3, 0.4) is 0 Å². The minimum atomic E-state index is -0.355. The summed E-state index contributed by atoms with van der Waals surface area (Å²) < 4.78 is 5.28. The van der Waals surface area contributed by atoms with Crippen molar-refractivity contribution in [1.29, 1.82) is 5.26 Å². The van der Waals surface area contributed by atoms with Gasteiger partial charge in [0, 0.05) is 0 Å². The van der Waals surface area contributed by atoms with Crippen LogP contribution in [-0.4, -0.2) is 0 Å². The van der Waals surface area contributed by atoms with Gasteiger partial charge in [0.05, 0.1) is 18.9 Å². The summed E-state index contributed by atoms with van der Waals surface area (Å²) in [5, 5.41) is 14.9. The van der Waals surface area contributed by atoms with Gasteiger partial charge >= 0.3 is 0 Å². The highest BCUT2D eigenvalue weighted by atomic mass is 16.3. The monoisotopic (exact) mass is 262 g/mol. The zero-order chi connectivity index (χ0) is 13.8. The Labute approximate surface area is 117 Å². The van der Waals surface area contributed by atoms with Crippen molar-refractivity contribution in [2.45, 2.75) is 12.6 Å². The summed E-state index contributed by atoms with van der Waals surface area (Å²) in [6.07, 6.45) is 1.64. The summed E-state index contributed by atoms with van der Waals surface area (Å²) in [6.45, 7) is 0.536. The molecule has 0 radical (unpaired) electrons. The number of benzene rings is 2. The number of hydrogen-bond acceptors (Lipinski definition) is 3. The molecule has 98 valence electrons. The second-order valence-electron chi connectivity index (χ2n) is 4.59. The lowest BCUT2D eigenvalue weighted by molar-refractivity contribution is 0.474. The van der Waals surface area contributed by atoms with Gasteiger partial charge in [0.25, 0.3) is 0 Å². The second kappa shape index (κ2) is 5.60. The number of nitriles is 1. The van der Waals surface area contributed by atoms with Gasteiger partial charge in [-0.2, -0.15) is 5.26 Å². The summed E-state index contributed by atoms with van der Waals surface area (Å²) in [7, 11) is 0. The standard InChI is InChI=1S/C17H14N2O/c18-11-17(19-12-14-7-4-10-20-14)16-9-3-6-13-5-1-2-8-15(13)16/h1-10,17,19H,12H2. The molecule has 0 aliphatic heterocycles. The maximum atomic E-state index is 9.42. The van der Waals surface area contributed by atoms with Crippen LogP contribution in [0.1, 0.15) is 17.4 Å². The highest BCUT2D eigenvalue weighted by Gasteiger charge is 2.13. The van der Waals surface area contributed by atoms with Gasteiger partial charge in [-0.1, -0.05) is 42.5 Å². The molecule has 1 heterocycles. The van der Waals surface area contributed by atoms with Gasteiger partial charge in [-0.05, 0) is 28.5 Å². The van der Waals surface area contributed by atoms with Gasteiger partial charge in [-0.3, -0.25) is 5.32 Å². The highest BCUT2D eigenvalue weighted by molar-refractivity contribution is 5.86. The fourth-order valence-electron chi connectivity index (χ4n) is 2.34. The molecule has 1 N–H and O–H groups in total. The normalized spacial score (nSPS) is 12.2. The van der Waals surface area contributed by atoms with E-state index >= 15 is 0 Å². The summed E-state index contributed by atoms with van der Waals surface area (Å²) in [5.74, 6) is 0.825. The fraction of sp³-hybridized carbons (Fsp3) is 0.118. The van der Waals surface area contributed by atoms with Crippen LogP contribution < -0.4 is 5.32 Å². The number of nitrogens with one attached hydrogen (secondary N) is 1. The molecule has 1 unspecified atom stereocenters. The topological polar surface area (TPSA) is 49.0 Å². The zero-order valence-corrected chi connectivity index (χ0v) is 10.9. The Morgan fingerprint density at radius 1 is 1.05 bits per heavy atom. The number of fused-ring (bicyclic) bond motifs is 1. The van der Waals surface area contributed by atoms with Crippen LogP contribution >= 0.6 is 0 Å². The van der Waals surface area contributed by atoms with Crippen molar-refractivity contribution >= 4 is 10.8 Å². The Hall–Kier alpha value is -2.57. The van der Waals surface area contributed by atoms with E-state index in [-0.39, 0.29) is 6.04 Å². The molecule has 0 spiro atoms. The molecule has 0 amide bonds. The Morgan fingerprint density at radius 3 is 2.70 bits per heavy atom. The van der Waals surface area contributed by atoms with Gasteiger partial charge in [0.15, 0.2) is 0 Å². The smallest absolute Gasteiger partial charge is 0.122 e. The van der Waals surface area contributed by atoms with Gasteiger partial charge in [-0.25, -0.2) is 0 Å². The van der Waals surface area contributed by atoms with Crippen LogP contribution in [0.5, 0.6) is 0 Å². The molecule has 0 saturated carbocycles. The predicted molar refractivity (Wildman–Crippen MR) is 77.8 cm³/mol. The van der Waals surface area contributed by atoms with Crippen molar-refractivity contribution in [1.82, 2.24) is 5.32 Å². The maximum Gasteiger partial charge on any atom is 0.122 e. The van der Waals surface area contributed by atoms with Crippen molar-refractivity contribution in [3.8, 4) is 6.07 Å². The van der Waals surface area contributed by atoms with Crippen LogP contribution in [0.4, 0.5) is 0 Å². The third-order valence-corrected chi connectivity index (χ3v) is 3.32. The Balaban J connectivity index is 1.89. The van der Waals surface area contributed by atoms with Crippen LogP contribution in [0.15, 0.2) is 65.3 Å². The summed E-state index contributed by atoms with van der Waals surface area (Å²) in [4.78, 5) is 0. The average molecular weight is 262 g/mol. The zero-order valence-electron chi connectivity index (χ0n) is 10.9. The number of hydrogen-bond donors (Lipinski definition) is 1. The first-order chi connectivity index (χ1) is 9.88. The Bertz CT molecular complexity index is 736. The Kier molecular flexibility index (Phi) is 3.49. The highest BCUT2D eigenvalue weighted by Crippen LogP contribution is 2.24. The van der Waals surface area contributed by atoms with Crippen LogP contribution in [0.2, 0.25) is 0 Å². The van der Waals surface area contributed by atoms with Crippen molar-refractivity contribution in [3.05, 3.63) is 72.2 Å². The molecule has 1 atom stereocenters. The lowest BCUT2D eigenvalue weighted by Gasteiger charge is -2.13. The van der Waals surface area contributed by atoms with Crippen molar-refractivity contribution in [3.63, 3.8) is 0 Å². The Morgan fingerprint density at radius 2 is 1.90 bits per heavy atom. The van der Waals surface area contributed by atoms with Crippen molar-refractivity contribution in [2.24, 2.45) is 0 Å². The third kappa shape index (κ3) is 2.42. The van der Waals surface area contributed by atoms with Crippen LogP contribution in [-0.2, 0) is 6.54 Å². The van der Waals surface area contributed by atoms with E-state index in [1.165, 1.54) is 0 Å². The summed E-state index contributed by atoms with van der Waals surface area (Å²) in [6, 6.07) is 19.8. The first-order valence-corrected chi connectivity index (χ1v) is 6.51. The second-order valence-corrected chi connectivity index (χ2v) is 4.59. The average Bonchev–Trinajstić information content (AvgIpc) is 3.01.